The fraction of sp³-hybridized carbons (Fsp3) is 0.0526. The van der Waals surface area contributed by atoms with Crippen molar-refractivity contribution in [3.8, 4) is 11.5 Å². The molecule has 0 aliphatic rings. The Kier molecular flexibility index (Phi) is 3.64. The van der Waals surface area contributed by atoms with Crippen LogP contribution in [0, 0.1) is 0 Å². The molecule has 0 spiro atoms. The molecule has 0 saturated carbocycles. The lowest BCUT2D eigenvalue weighted by Crippen LogP contribution is -2.20. The average molecular weight is 423 g/mol. The number of benzene rings is 2. The van der Waals surface area contributed by atoms with Gasteiger partial charge in [0.1, 0.15) is 17.6 Å². The number of rotatable bonds is 3. The van der Waals surface area contributed by atoms with Gasteiger partial charge in [-0.3, -0.25) is 9.36 Å². The van der Waals surface area contributed by atoms with Gasteiger partial charge in [-0.2, -0.15) is 0 Å². The first-order valence-corrected chi connectivity index (χ1v) is 8.93. The second kappa shape index (κ2) is 6.17. The predicted molar refractivity (Wildman–Crippen MR) is 102 cm³/mol. The third kappa shape index (κ3) is 2.74. The van der Waals surface area contributed by atoms with Gasteiger partial charge in [-0.25, -0.2) is 4.98 Å². The van der Waals surface area contributed by atoms with Gasteiger partial charge >= 0.3 is 0 Å². The van der Waals surface area contributed by atoms with Crippen LogP contribution >= 0.6 is 15.9 Å². The van der Waals surface area contributed by atoms with Crippen LogP contribution in [-0.4, -0.2) is 19.7 Å². The zero-order valence-corrected chi connectivity index (χ0v) is 15.4. The summed E-state index contributed by atoms with van der Waals surface area (Å²) in [4.78, 5) is 17.1. The molecule has 3 aromatic heterocycles. The molecule has 5 rings (SSSR count). The fourth-order valence-electron chi connectivity index (χ4n) is 2.90. The molecule has 2 aromatic carbocycles. The van der Waals surface area contributed by atoms with Crippen molar-refractivity contribution in [2.45, 2.75) is 6.54 Å². The highest BCUT2D eigenvalue weighted by atomic mass is 79.9. The second-order valence-electron chi connectivity index (χ2n) is 5.96. The molecular formula is C19H11BrN4O3. The lowest BCUT2D eigenvalue weighted by atomic mass is 10.2. The van der Waals surface area contributed by atoms with Gasteiger partial charge in [0.15, 0.2) is 0 Å². The number of para-hydroxylation sites is 1. The van der Waals surface area contributed by atoms with Crippen molar-refractivity contribution >= 4 is 38.0 Å². The smallest absolute Gasteiger partial charge is 0.297 e. The largest absolute Gasteiger partial charge is 0.448 e. The number of hydrogen-bond donors (Lipinski definition) is 0. The summed E-state index contributed by atoms with van der Waals surface area (Å²) in [5, 5.41) is 8.89. The van der Waals surface area contributed by atoms with E-state index in [1.165, 1.54) is 10.9 Å². The van der Waals surface area contributed by atoms with Gasteiger partial charge in [-0.15, -0.1) is 10.2 Å². The highest BCUT2D eigenvalue weighted by molar-refractivity contribution is 9.10. The molecule has 0 atom stereocenters. The third-order valence-electron chi connectivity index (χ3n) is 4.21. The minimum absolute atomic E-state index is 0.113. The lowest BCUT2D eigenvalue weighted by molar-refractivity contribution is 0.482. The Labute approximate surface area is 160 Å². The summed E-state index contributed by atoms with van der Waals surface area (Å²) in [6.45, 7) is 0.113. The van der Waals surface area contributed by atoms with Gasteiger partial charge in [0.25, 0.3) is 5.56 Å². The van der Waals surface area contributed by atoms with E-state index in [-0.39, 0.29) is 17.7 Å². The third-order valence-corrected chi connectivity index (χ3v) is 4.74. The second-order valence-corrected chi connectivity index (χ2v) is 6.88. The molecule has 5 aromatic rings. The summed E-state index contributed by atoms with van der Waals surface area (Å²) in [5.41, 5.74) is 1.90. The summed E-state index contributed by atoms with van der Waals surface area (Å²) in [5.74, 6) is 0.704. The molecule has 0 N–H and O–H groups in total. The van der Waals surface area contributed by atoms with Crippen molar-refractivity contribution in [2.75, 3.05) is 0 Å². The Morgan fingerprint density at radius 3 is 2.67 bits per heavy atom. The first-order chi connectivity index (χ1) is 13.2. The molecular weight excluding hydrogens is 412 g/mol. The molecule has 8 heteroatoms. The van der Waals surface area contributed by atoms with Crippen molar-refractivity contribution in [3.63, 3.8) is 0 Å². The Balaban J connectivity index is 1.51. The molecule has 0 aliphatic carbocycles. The summed E-state index contributed by atoms with van der Waals surface area (Å²) in [7, 11) is 0. The van der Waals surface area contributed by atoms with E-state index in [1.54, 1.807) is 0 Å². The Morgan fingerprint density at radius 1 is 1.00 bits per heavy atom. The quantitative estimate of drug-likeness (QED) is 0.436. The predicted octanol–water partition coefficient (Wildman–Crippen LogP) is 4.00. The molecule has 0 unspecified atom stereocenters. The molecule has 27 heavy (non-hydrogen) atoms. The SMILES string of the molecule is O=c1c2oc3ccccc3c2ncn1Cc1nnc(-c2ccc(Br)cc2)o1. The van der Waals surface area contributed by atoms with Crippen molar-refractivity contribution in [1.82, 2.24) is 19.7 Å². The molecule has 132 valence electrons. The first-order valence-electron chi connectivity index (χ1n) is 8.14. The zero-order chi connectivity index (χ0) is 18.4. The molecule has 0 amide bonds. The van der Waals surface area contributed by atoms with Crippen molar-refractivity contribution in [2.24, 2.45) is 0 Å². The van der Waals surface area contributed by atoms with E-state index in [4.69, 9.17) is 8.83 Å². The summed E-state index contributed by atoms with van der Waals surface area (Å²) >= 11 is 3.39. The summed E-state index contributed by atoms with van der Waals surface area (Å²) < 4.78 is 13.7. The van der Waals surface area contributed by atoms with Crippen LogP contribution in [0.1, 0.15) is 5.89 Å². The van der Waals surface area contributed by atoms with Crippen molar-refractivity contribution < 1.29 is 8.83 Å². The van der Waals surface area contributed by atoms with Crippen LogP contribution in [0.3, 0.4) is 0 Å². The number of hydrogen-bond acceptors (Lipinski definition) is 6. The average Bonchev–Trinajstić information content (AvgIpc) is 3.30. The van der Waals surface area contributed by atoms with E-state index in [2.05, 4.69) is 31.1 Å². The molecule has 0 aliphatic heterocycles. The Morgan fingerprint density at radius 2 is 1.81 bits per heavy atom. The summed E-state index contributed by atoms with van der Waals surface area (Å²) in [6.07, 6.45) is 1.47. The van der Waals surface area contributed by atoms with Gasteiger partial charge < -0.3 is 8.83 Å². The lowest BCUT2D eigenvalue weighted by Gasteiger charge is -2.00. The van der Waals surface area contributed by atoms with Gasteiger partial charge in [0.2, 0.25) is 17.4 Å². The van der Waals surface area contributed by atoms with Crippen LogP contribution in [0.25, 0.3) is 33.5 Å². The topological polar surface area (TPSA) is 87.0 Å². The zero-order valence-electron chi connectivity index (χ0n) is 13.8. The number of aromatic nitrogens is 4. The monoisotopic (exact) mass is 422 g/mol. The minimum Gasteiger partial charge on any atom is -0.448 e. The van der Waals surface area contributed by atoms with Crippen LogP contribution in [0.5, 0.6) is 0 Å². The van der Waals surface area contributed by atoms with Gasteiger partial charge in [-0.1, -0.05) is 28.1 Å². The van der Waals surface area contributed by atoms with Crippen LogP contribution in [-0.2, 0) is 6.54 Å². The van der Waals surface area contributed by atoms with Gasteiger partial charge in [0, 0.05) is 15.4 Å². The van der Waals surface area contributed by atoms with E-state index >= 15 is 0 Å². The Bertz CT molecular complexity index is 1330. The standard InChI is InChI=1S/C19H11BrN4O3/c20-12-7-5-11(6-8-12)18-23-22-15(27-18)9-24-10-21-16-13-3-1-2-4-14(13)26-17(16)19(24)25/h1-8,10H,9H2. The van der Waals surface area contributed by atoms with E-state index in [0.717, 1.165) is 15.4 Å². The van der Waals surface area contributed by atoms with E-state index in [9.17, 15) is 4.79 Å². The highest BCUT2D eigenvalue weighted by Gasteiger charge is 2.15. The maximum atomic E-state index is 12.8. The van der Waals surface area contributed by atoms with Crippen LogP contribution in [0.4, 0.5) is 0 Å². The Hall–Kier alpha value is -3.26. The molecule has 7 nitrogen and oxygen atoms in total. The number of nitrogens with zero attached hydrogens (tertiary/aromatic N) is 4. The number of halogens is 1. The molecule has 0 fully saturated rings. The van der Waals surface area contributed by atoms with Gasteiger partial charge in [-0.05, 0) is 36.4 Å². The van der Waals surface area contributed by atoms with Crippen LogP contribution in [0.2, 0.25) is 0 Å². The van der Waals surface area contributed by atoms with Gasteiger partial charge in [0.05, 0.1) is 6.33 Å². The van der Waals surface area contributed by atoms with Crippen LogP contribution < -0.4 is 5.56 Å². The summed E-state index contributed by atoms with van der Waals surface area (Å²) in [6, 6.07) is 14.9. The fourth-order valence-corrected chi connectivity index (χ4v) is 3.16. The number of fused-ring (bicyclic) bond motifs is 3. The first kappa shape index (κ1) is 16.0. The van der Waals surface area contributed by atoms with Crippen LogP contribution in [0.15, 0.2) is 73.0 Å². The molecule has 0 saturated heterocycles. The van der Waals surface area contributed by atoms with Crippen molar-refractivity contribution in [3.05, 3.63) is 75.6 Å². The van der Waals surface area contributed by atoms with E-state index < -0.39 is 0 Å². The maximum absolute atomic E-state index is 12.8. The molecule has 0 radical (unpaired) electrons. The minimum atomic E-state index is -0.292. The molecule has 0 bridgehead atoms. The number of furan rings is 1. The van der Waals surface area contributed by atoms with E-state index in [1.807, 2.05) is 48.5 Å². The normalized spacial score (nSPS) is 11.4. The van der Waals surface area contributed by atoms with Crippen molar-refractivity contribution in [1.29, 1.82) is 0 Å². The highest BCUT2D eigenvalue weighted by Crippen LogP contribution is 2.24. The molecule has 3 heterocycles. The maximum Gasteiger partial charge on any atom is 0.297 e. The van der Waals surface area contributed by atoms with E-state index in [0.29, 0.717) is 22.9 Å².